The lowest BCUT2D eigenvalue weighted by atomic mass is 10.0. The standard InChI is InChI=1S/C17H18N6O3/c1-11-6-13(21-26-11)16(24)23-8-14-15(22(2)10-20-14)7-12(23)9-25-17-18-4-3-5-19-17/h3-6,10,12H,7-9H2,1-2H3. The van der Waals surface area contributed by atoms with Gasteiger partial charge >= 0.3 is 6.01 Å². The average molecular weight is 354 g/mol. The van der Waals surface area contributed by atoms with Gasteiger partial charge in [0.25, 0.3) is 5.91 Å². The van der Waals surface area contributed by atoms with Crippen molar-refractivity contribution in [1.82, 2.24) is 29.6 Å². The molecule has 1 atom stereocenters. The van der Waals surface area contributed by atoms with Crippen LogP contribution >= 0.6 is 0 Å². The molecule has 0 spiro atoms. The van der Waals surface area contributed by atoms with Crippen LogP contribution in [0.15, 0.2) is 35.4 Å². The molecule has 3 aromatic heterocycles. The Bertz CT molecular complexity index is 920. The first kappa shape index (κ1) is 16.2. The molecule has 0 bridgehead atoms. The van der Waals surface area contributed by atoms with Crippen LogP contribution in [0.25, 0.3) is 0 Å². The highest BCUT2D eigenvalue weighted by molar-refractivity contribution is 5.92. The van der Waals surface area contributed by atoms with Gasteiger partial charge in [0.05, 0.1) is 24.6 Å². The summed E-state index contributed by atoms with van der Waals surface area (Å²) in [5.74, 6) is 0.384. The second-order valence-electron chi connectivity index (χ2n) is 6.21. The van der Waals surface area contributed by atoms with Crippen molar-refractivity contribution in [1.29, 1.82) is 0 Å². The van der Waals surface area contributed by atoms with Crippen molar-refractivity contribution >= 4 is 5.91 Å². The van der Waals surface area contributed by atoms with Crippen LogP contribution in [0.4, 0.5) is 0 Å². The third-order valence-electron chi connectivity index (χ3n) is 4.39. The van der Waals surface area contributed by atoms with Crippen LogP contribution in [0, 0.1) is 6.92 Å². The number of carbonyl (C=O) groups is 1. The summed E-state index contributed by atoms with van der Waals surface area (Å²) in [6, 6.07) is 3.45. The Morgan fingerprint density at radius 3 is 2.88 bits per heavy atom. The highest BCUT2D eigenvalue weighted by Gasteiger charge is 2.34. The molecule has 26 heavy (non-hydrogen) atoms. The molecule has 1 unspecified atom stereocenters. The van der Waals surface area contributed by atoms with Gasteiger partial charge in [-0.1, -0.05) is 5.16 Å². The molecule has 0 saturated carbocycles. The lowest BCUT2D eigenvalue weighted by Crippen LogP contribution is -2.48. The van der Waals surface area contributed by atoms with E-state index in [1.54, 1.807) is 42.7 Å². The second-order valence-corrected chi connectivity index (χ2v) is 6.21. The fraction of sp³-hybridized carbons (Fsp3) is 0.353. The molecule has 134 valence electrons. The van der Waals surface area contributed by atoms with Gasteiger partial charge < -0.3 is 18.7 Å². The summed E-state index contributed by atoms with van der Waals surface area (Å²) in [6.45, 7) is 2.42. The zero-order valence-corrected chi connectivity index (χ0v) is 14.5. The van der Waals surface area contributed by atoms with E-state index in [-0.39, 0.29) is 30.3 Å². The van der Waals surface area contributed by atoms with E-state index in [2.05, 4.69) is 20.1 Å². The second kappa shape index (κ2) is 6.58. The SMILES string of the molecule is Cc1cc(C(=O)N2Cc3ncn(C)c3CC2COc2ncccn2)no1. The molecule has 1 aliphatic rings. The van der Waals surface area contributed by atoms with Gasteiger partial charge in [-0.25, -0.2) is 15.0 Å². The molecule has 9 heteroatoms. The summed E-state index contributed by atoms with van der Waals surface area (Å²) in [4.78, 5) is 27.2. The number of amides is 1. The minimum Gasteiger partial charge on any atom is -0.461 e. The third kappa shape index (κ3) is 3.03. The maximum Gasteiger partial charge on any atom is 0.316 e. The number of ether oxygens (including phenoxy) is 1. The van der Waals surface area contributed by atoms with Crippen molar-refractivity contribution in [2.45, 2.75) is 25.9 Å². The Kier molecular flexibility index (Phi) is 4.11. The quantitative estimate of drug-likeness (QED) is 0.693. The Hall–Kier alpha value is -3.23. The number of hydrogen-bond acceptors (Lipinski definition) is 7. The van der Waals surface area contributed by atoms with E-state index >= 15 is 0 Å². The minimum atomic E-state index is -0.208. The monoisotopic (exact) mass is 354 g/mol. The van der Waals surface area contributed by atoms with Crippen LogP contribution in [-0.4, -0.2) is 48.1 Å². The zero-order chi connectivity index (χ0) is 18.1. The van der Waals surface area contributed by atoms with Crippen LogP contribution in [0.1, 0.15) is 27.6 Å². The molecule has 0 aliphatic carbocycles. The van der Waals surface area contributed by atoms with Crippen molar-refractivity contribution in [3.63, 3.8) is 0 Å². The molecule has 0 saturated heterocycles. The Balaban J connectivity index is 1.59. The molecule has 1 amide bonds. The Morgan fingerprint density at radius 1 is 1.35 bits per heavy atom. The first-order chi connectivity index (χ1) is 12.6. The number of imidazole rings is 1. The molecule has 4 heterocycles. The predicted molar refractivity (Wildman–Crippen MR) is 89.3 cm³/mol. The molecule has 3 aromatic rings. The van der Waals surface area contributed by atoms with E-state index in [1.807, 2.05) is 11.6 Å². The lowest BCUT2D eigenvalue weighted by Gasteiger charge is -2.34. The number of aryl methyl sites for hydroxylation is 2. The first-order valence-corrected chi connectivity index (χ1v) is 8.25. The van der Waals surface area contributed by atoms with E-state index in [0.717, 1.165) is 11.4 Å². The van der Waals surface area contributed by atoms with E-state index in [4.69, 9.17) is 9.26 Å². The van der Waals surface area contributed by atoms with Crippen LogP contribution in [0.3, 0.4) is 0 Å². The van der Waals surface area contributed by atoms with Gasteiger partial charge in [-0.2, -0.15) is 0 Å². The third-order valence-corrected chi connectivity index (χ3v) is 4.39. The molecule has 0 aromatic carbocycles. The van der Waals surface area contributed by atoms with Crippen molar-refractivity contribution in [3.8, 4) is 6.01 Å². The van der Waals surface area contributed by atoms with Crippen LogP contribution < -0.4 is 4.74 Å². The summed E-state index contributed by atoms with van der Waals surface area (Å²) < 4.78 is 12.7. The maximum atomic E-state index is 12.9. The van der Waals surface area contributed by atoms with Gasteiger partial charge in [0.2, 0.25) is 0 Å². The molecule has 0 N–H and O–H groups in total. The van der Waals surface area contributed by atoms with E-state index in [9.17, 15) is 4.79 Å². The minimum absolute atomic E-state index is 0.189. The summed E-state index contributed by atoms with van der Waals surface area (Å²) >= 11 is 0. The molecule has 9 nitrogen and oxygen atoms in total. The Morgan fingerprint density at radius 2 is 2.15 bits per heavy atom. The predicted octanol–water partition coefficient (Wildman–Crippen LogP) is 1.15. The van der Waals surface area contributed by atoms with Crippen molar-refractivity contribution in [2.24, 2.45) is 7.05 Å². The fourth-order valence-corrected chi connectivity index (χ4v) is 3.05. The zero-order valence-electron chi connectivity index (χ0n) is 14.5. The number of fused-ring (bicyclic) bond motifs is 1. The van der Waals surface area contributed by atoms with Gasteiger partial charge in [0.1, 0.15) is 12.4 Å². The largest absolute Gasteiger partial charge is 0.461 e. The highest BCUT2D eigenvalue weighted by Crippen LogP contribution is 2.24. The van der Waals surface area contributed by atoms with Gasteiger partial charge in [0, 0.05) is 37.6 Å². The van der Waals surface area contributed by atoms with E-state index in [0.29, 0.717) is 18.7 Å². The molecule has 0 fully saturated rings. The van der Waals surface area contributed by atoms with Gasteiger partial charge in [-0.3, -0.25) is 4.79 Å². The van der Waals surface area contributed by atoms with E-state index < -0.39 is 0 Å². The summed E-state index contributed by atoms with van der Waals surface area (Å²) in [5, 5.41) is 3.85. The number of rotatable bonds is 4. The van der Waals surface area contributed by atoms with Gasteiger partial charge in [0.15, 0.2) is 5.69 Å². The van der Waals surface area contributed by atoms with Gasteiger partial charge in [-0.15, -0.1) is 0 Å². The lowest BCUT2D eigenvalue weighted by molar-refractivity contribution is 0.0540. The topological polar surface area (TPSA) is 99.2 Å². The number of hydrogen-bond donors (Lipinski definition) is 0. The summed E-state index contributed by atoms with van der Waals surface area (Å²) in [6.07, 6.45) is 5.62. The van der Waals surface area contributed by atoms with Gasteiger partial charge in [-0.05, 0) is 13.0 Å². The van der Waals surface area contributed by atoms with Crippen molar-refractivity contribution in [2.75, 3.05) is 6.61 Å². The number of nitrogens with zero attached hydrogens (tertiary/aromatic N) is 6. The normalized spacial score (nSPS) is 16.4. The maximum absolute atomic E-state index is 12.9. The van der Waals surface area contributed by atoms with Crippen LogP contribution in [0.2, 0.25) is 0 Å². The highest BCUT2D eigenvalue weighted by atomic mass is 16.5. The fourth-order valence-electron chi connectivity index (χ4n) is 3.05. The Labute approximate surface area is 149 Å². The van der Waals surface area contributed by atoms with Crippen LogP contribution in [-0.2, 0) is 20.0 Å². The number of carbonyl (C=O) groups excluding carboxylic acids is 1. The van der Waals surface area contributed by atoms with Crippen molar-refractivity contribution < 1.29 is 14.1 Å². The van der Waals surface area contributed by atoms with E-state index in [1.165, 1.54) is 0 Å². The first-order valence-electron chi connectivity index (χ1n) is 8.25. The smallest absolute Gasteiger partial charge is 0.316 e. The average Bonchev–Trinajstić information content (AvgIpc) is 3.25. The number of aromatic nitrogens is 5. The molecular formula is C17H18N6O3. The molecular weight excluding hydrogens is 336 g/mol. The molecule has 4 rings (SSSR count). The van der Waals surface area contributed by atoms with Crippen LogP contribution in [0.5, 0.6) is 6.01 Å². The molecule has 0 radical (unpaired) electrons. The summed E-state index contributed by atoms with van der Waals surface area (Å²) in [5.41, 5.74) is 2.25. The molecule has 1 aliphatic heterocycles. The summed E-state index contributed by atoms with van der Waals surface area (Å²) in [7, 11) is 1.95. The van der Waals surface area contributed by atoms with Crippen molar-refractivity contribution in [3.05, 3.63) is 53.7 Å².